The van der Waals surface area contributed by atoms with E-state index in [1.807, 2.05) is 61.8 Å². The summed E-state index contributed by atoms with van der Waals surface area (Å²) in [5.41, 5.74) is 1.89. The largest absolute Gasteiger partial charge is 0.291 e. The van der Waals surface area contributed by atoms with Crippen LogP contribution in [0.2, 0.25) is 0 Å². The van der Waals surface area contributed by atoms with Crippen molar-refractivity contribution >= 4 is 5.78 Å². The van der Waals surface area contributed by atoms with Gasteiger partial charge in [-0.1, -0.05) is 30.3 Å². The summed E-state index contributed by atoms with van der Waals surface area (Å²) < 4.78 is 1.79. The van der Waals surface area contributed by atoms with Gasteiger partial charge >= 0.3 is 0 Å². The molecule has 3 heteroatoms. The van der Waals surface area contributed by atoms with Gasteiger partial charge < -0.3 is 0 Å². The maximum absolute atomic E-state index is 12.2. The molecule has 94 valence electrons. The van der Waals surface area contributed by atoms with Crippen LogP contribution in [0.1, 0.15) is 17.0 Å². The topological polar surface area (TPSA) is 44.7 Å². The van der Waals surface area contributed by atoms with Crippen LogP contribution < -0.4 is 4.57 Å². The normalized spacial score (nSPS) is 11.6. The smallest absolute Gasteiger partial charge is 0.218 e. The van der Waals surface area contributed by atoms with Crippen LogP contribution in [0, 0.1) is 18.3 Å². The Hall–Kier alpha value is -2.47. The predicted molar refractivity (Wildman–Crippen MR) is 71.2 cm³/mol. The Balaban J connectivity index is 2.14. The maximum Gasteiger partial charge on any atom is 0.218 e. The lowest BCUT2D eigenvalue weighted by Gasteiger charge is -2.06. The molecular formula is C16H15N2O+. The second-order valence-electron chi connectivity index (χ2n) is 4.49. The number of ketones is 1. The highest BCUT2D eigenvalue weighted by Crippen LogP contribution is 2.15. The number of nitriles is 1. The van der Waals surface area contributed by atoms with Gasteiger partial charge in [-0.15, -0.1) is 0 Å². The molecule has 1 aromatic heterocycles. The maximum atomic E-state index is 12.2. The number of aromatic nitrogens is 1. The van der Waals surface area contributed by atoms with Gasteiger partial charge in [-0.05, 0) is 18.1 Å². The van der Waals surface area contributed by atoms with Crippen molar-refractivity contribution in [2.24, 2.45) is 0 Å². The molecule has 2 aromatic rings. The molecule has 3 nitrogen and oxygen atoms in total. The van der Waals surface area contributed by atoms with Crippen LogP contribution in [0.5, 0.6) is 0 Å². The summed E-state index contributed by atoms with van der Waals surface area (Å²) in [6.45, 7) is 2.21. The summed E-state index contributed by atoms with van der Waals surface area (Å²) >= 11 is 0. The lowest BCUT2D eigenvalue weighted by Crippen LogP contribution is -2.38. The van der Waals surface area contributed by atoms with Crippen molar-refractivity contribution in [2.75, 3.05) is 0 Å². The van der Waals surface area contributed by atoms with Crippen LogP contribution in [0.25, 0.3) is 0 Å². The lowest BCUT2D eigenvalue weighted by molar-refractivity contribution is -0.684. The van der Waals surface area contributed by atoms with Gasteiger partial charge in [0, 0.05) is 12.1 Å². The second-order valence-corrected chi connectivity index (χ2v) is 4.49. The summed E-state index contributed by atoms with van der Waals surface area (Å²) in [5, 5.41) is 9.19. The van der Waals surface area contributed by atoms with Crippen molar-refractivity contribution in [3.8, 4) is 6.07 Å². The molecule has 2 rings (SSSR count). The van der Waals surface area contributed by atoms with Crippen LogP contribution in [0.15, 0.2) is 54.9 Å². The zero-order valence-corrected chi connectivity index (χ0v) is 10.8. The number of rotatable bonds is 4. The van der Waals surface area contributed by atoms with Gasteiger partial charge in [-0.3, -0.25) is 4.79 Å². The Morgan fingerprint density at radius 1 is 1.21 bits per heavy atom. The number of hydrogen-bond donors (Lipinski definition) is 0. The molecule has 0 bridgehead atoms. The van der Waals surface area contributed by atoms with Crippen molar-refractivity contribution in [3.05, 3.63) is 66.0 Å². The lowest BCUT2D eigenvalue weighted by atomic mass is 9.96. The fourth-order valence-corrected chi connectivity index (χ4v) is 1.89. The van der Waals surface area contributed by atoms with E-state index in [0.29, 0.717) is 0 Å². The molecule has 0 aliphatic carbocycles. The quantitative estimate of drug-likeness (QED) is 0.782. The van der Waals surface area contributed by atoms with Gasteiger partial charge in [0.2, 0.25) is 12.3 Å². The van der Waals surface area contributed by atoms with Crippen molar-refractivity contribution in [1.29, 1.82) is 5.26 Å². The van der Waals surface area contributed by atoms with E-state index in [9.17, 15) is 10.1 Å². The van der Waals surface area contributed by atoms with Gasteiger partial charge in [0.05, 0.1) is 6.07 Å². The minimum atomic E-state index is -0.699. The van der Waals surface area contributed by atoms with E-state index in [2.05, 4.69) is 6.07 Å². The number of pyridine rings is 1. The van der Waals surface area contributed by atoms with E-state index >= 15 is 0 Å². The first-order chi connectivity index (χ1) is 9.20. The van der Waals surface area contributed by atoms with E-state index in [4.69, 9.17) is 0 Å². The molecule has 0 N–H and O–H groups in total. The number of benzene rings is 1. The van der Waals surface area contributed by atoms with Crippen molar-refractivity contribution in [1.82, 2.24) is 0 Å². The summed E-state index contributed by atoms with van der Waals surface area (Å²) in [4.78, 5) is 12.2. The highest BCUT2D eigenvalue weighted by molar-refractivity contribution is 5.87. The highest BCUT2D eigenvalue weighted by atomic mass is 16.1. The third-order valence-electron chi connectivity index (χ3n) is 2.98. The molecule has 0 saturated carbocycles. The van der Waals surface area contributed by atoms with Gasteiger partial charge in [-0.25, -0.2) is 0 Å². The van der Waals surface area contributed by atoms with Crippen molar-refractivity contribution in [3.63, 3.8) is 0 Å². The summed E-state index contributed by atoms with van der Waals surface area (Å²) in [7, 11) is 0. The molecule has 0 aliphatic heterocycles. The zero-order chi connectivity index (χ0) is 13.7. The predicted octanol–water partition coefficient (Wildman–Crippen LogP) is 2.16. The van der Waals surface area contributed by atoms with Crippen molar-refractivity contribution in [2.45, 2.75) is 19.4 Å². The Morgan fingerprint density at radius 3 is 2.42 bits per heavy atom. The van der Waals surface area contributed by atoms with E-state index < -0.39 is 5.92 Å². The Bertz CT molecular complexity index is 597. The Labute approximate surface area is 112 Å². The molecule has 0 spiro atoms. The zero-order valence-electron chi connectivity index (χ0n) is 10.8. The van der Waals surface area contributed by atoms with Crippen LogP contribution >= 0.6 is 0 Å². The third-order valence-corrected chi connectivity index (χ3v) is 2.98. The molecule has 0 fully saturated rings. The SMILES string of the molecule is Cc1cc[n+](CC(=O)[C@H](C#N)c2ccccc2)cc1. The molecule has 0 saturated heterocycles. The van der Waals surface area contributed by atoms with Crippen molar-refractivity contribution < 1.29 is 9.36 Å². The monoisotopic (exact) mass is 251 g/mol. The van der Waals surface area contributed by atoms with Crippen LogP contribution in [-0.4, -0.2) is 5.78 Å². The van der Waals surface area contributed by atoms with Gasteiger partial charge in [0.25, 0.3) is 0 Å². The number of hydrogen-bond acceptors (Lipinski definition) is 2. The molecule has 1 aromatic carbocycles. The summed E-state index contributed by atoms with van der Waals surface area (Å²) in [5.74, 6) is -0.794. The molecule has 0 amide bonds. The standard InChI is InChI=1S/C16H15N2O/c1-13-7-9-18(10-8-13)12-16(19)15(11-17)14-5-3-2-4-6-14/h2-10,15H,12H2,1H3/q+1/t15-/m1/s1. The molecule has 0 aliphatic rings. The third kappa shape index (κ3) is 3.26. The number of aryl methyl sites for hydroxylation is 1. The Kier molecular flexibility index (Phi) is 4.04. The number of carbonyl (C=O) groups excluding carboxylic acids is 1. The van der Waals surface area contributed by atoms with Crippen LogP contribution in [0.4, 0.5) is 0 Å². The first kappa shape index (κ1) is 13.0. The summed E-state index contributed by atoms with van der Waals surface area (Å²) in [6, 6.07) is 15.1. The second kappa shape index (κ2) is 5.92. The average molecular weight is 251 g/mol. The molecule has 1 heterocycles. The van der Waals surface area contributed by atoms with Gasteiger partial charge in [0.15, 0.2) is 12.4 Å². The van der Waals surface area contributed by atoms with Crippen LogP contribution in [-0.2, 0) is 11.3 Å². The van der Waals surface area contributed by atoms with E-state index in [1.165, 1.54) is 0 Å². The van der Waals surface area contributed by atoms with Gasteiger partial charge in [0.1, 0.15) is 5.92 Å². The summed E-state index contributed by atoms with van der Waals surface area (Å²) in [6.07, 6.45) is 3.71. The fourth-order valence-electron chi connectivity index (χ4n) is 1.89. The molecule has 0 unspecified atom stereocenters. The average Bonchev–Trinajstić information content (AvgIpc) is 2.43. The van der Waals surface area contributed by atoms with E-state index in [0.717, 1.165) is 11.1 Å². The molecule has 1 atom stereocenters. The number of Topliss-reactive ketones (excluding diaryl/α,β-unsaturated/α-hetero) is 1. The molecular weight excluding hydrogens is 236 g/mol. The molecule has 19 heavy (non-hydrogen) atoms. The minimum absolute atomic E-state index is 0.0949. The van der Waals surface area contributed by atoms with Crippen LogP contribution in [0.3, 0.4) is 0 Å². The fraction of sp³-hybridized carbons (Fsp3) is 0.188. The first-order valence-corrected chi connectivity index (χ1v) is 6.13. The van der Waals surface area contributed by atoms with E-state index in [1.54, 1.807) is 4.57 Å². The minimum Gasteiger partial charge on any atom is -0.291 e. The Morgan fingerprint density at radius 2 is 1.84 bits per heavy atom. The molecule has 0 radical (unpaired) electrons. The highest BCUT2D eigenvalue weighted by Gasteiger charge is 2.23. The first-order valence-electron chi connectivity index (χ1n) is 6.13. The van der Waals surface area contributed by atoms with Gasteiger partial charge in [-0.2, -0.15) is 9.83 Å². The number of carbonyl (C=O) groups is 1. The van der Waals surface area contributed by atoms with E-state index in [-0.39, 0.29) is 12.3 Å². The number of nitrogens with zero attached hydrogens (tertiary/aromatic N) is 2.